The third-order valence-electron chi connectivity index (χ3n) is 6.08. The Labute approximate surface area is 194 Å². The second-order valence-electron chi connectivity index (χ2n) is 8.31. The Balaban J connectivity index is 0.000000219. The molecule has 7 nitrogen and oxygen atoms in total. The molecule has 33 heavy (non-hydrogen) atoms. The Morgan fingerprint density at radius 2 is 2.03 bits per heavy atom. The van der Waals surface area contributed by atoms with E-state index in [2.05, 4.69) is 52.6 Å². The molecular weight excluding hydrogens is 418 g/mol. The number of anilines is 1. The Bertz CT molecular complexity index is 1080. The predicted molar refractivity (Wildman–Crippen MR) is 128 cm³/mol. The van der Waals surface area contributed by atoms with Crippen LogP contribution in [-0.4, -0.2) is 29.8 Å². The molecule has 7 heteroatoms. The van der Waals surface area contributed by atoms with Crippen molar-refractivity contribution in [1.29, 1.82) is 0 Å². The maximum Gasteiger partial charge on any atom is 0.257 e. The van der Waals surface area contributed by atoms with Crippen LogP contribution < -0.4 is 10.8 Å². The normalized spacial score (nSPS) is 17.1. The Morgan fingerprint density at radius 1 is 1.18 bits per heavy atom. The Kier molecular flexibility index (Phi) is 7.75. The van der Waals surface area contributed by atoms with Crippen molar-refractivity contribution in [3.05, 3.63) is 65.4 Å². The van der Waals surface area contributed by atoms with Crippen LogP contribution >= 0.6 is 0 Å². The highest BCUT2D eigenvalue weighted by atomic mass is 16.8. The molecule has 0 saturated carbocycles. The van der Waals surface area contributed by atoms with Gasteiger partial charge in [0.2, 0.25) is 6.41 Å². The first-order valence-electron chi connectivity index (χ1n) is 11.7. The molecule has 0 radical (unpaired) electrons. The first kappa shape index (κ1) is 23.0. The summed E-state index contributed by atoms with van der Waals surface area (Å²) in [5.41, 5.74) is 7.57. The second kappa shape index (κ2) is 11.1. The number of hydrogen-bond donors (Lipinski definition) is 2. The Morgan fingerprint density at radius 3 is 2.76 bits per heavy atom. The van der Waals surface area contributed by atoms with E-state index in [1.165, 1.54) is 16.6 Å². The van der Waals surface area contributed by atoms with Crippen LogP contribution in [0.25, 0.3) is 10.9 Å². The van der Waals surface area contributed by atoms with E-state index >= 15 is 0 Å². The van der Waals surface area contributed by atoms with Gasteiger partial charge in [-0.3, -0.25) is 9.59 Å². The maximum absolute atomic E-state index is 12.7. The zero-order valence-corrected chi connectivity index (χ0v) is 19.0. The van der Waals surface area contributed by atoms with E-state index < -0.39 is 0 Å². The number of para-hydroxylation sites is 1. The molecule has 1 saturated heterocycles. The molecule has 2 aliphatic heterocycles. The van der Waals surface area contributed by atoms with Gasteiger partial charge in [-0.15, -0.1) is 0 Å². The topological polar surface area (TPSA) is 81.6 Å². The van der Waals surface area contributed by atoms with Crippen molar-refractivity contribution in [3.63, 3.8) is 0 Å². The minimum Gasteiger partial charge on any atom is -0.350 e. The minimum atomic E-state index is -0.237. The number of aromatic nitrogens is 1. The molecule has 1 fully saturated rings. The van der Waals surface area contributed by atoms with Crippen LogP contribution in [0.1, 0.15) is 54.1 Å². The zero-order chi connectivity index (χ0) is 23.0. The first-order chi connectivity index (χ1) is 16.2. The highest BCUT2D eigenvalue weighted by Crippen LogP contribution is 2.29. The lowest BCUT2D eigenvalue weighted by atomic mass is 10.0. The monoisotopic (exact) mass is 449 g/mol. The van der Waals surface area contributed by atoms with Crippen LogP contribution in [0.15, 0.2) is 48.7 Å². The van der Waals surface area contributed by atoms with Gasteiger partial charge in [-0.1, -0.05) is 37.3 Å². The van der Waals surface area contributed by atoms with Crippen molar-refractivity contribution in [1.82, 2.24) is 10.0 Å². The average molecular weight is 450 g/mol. The van der Waals surface area contributed by atoms with Gasteiger partial charge >= 0.3 is 0 Å². The number of hydroxylamine groups is 1. The number of nitrogens with zero attached hydrogens (tertiary/aromatic N) is 1. The van der Waals surface area contributed by atoms with Gasteiger partial charge in [-0.05, 0) is 55.4 Å². The molecule has 0 aliphatic carbocycles. The molecule has 3 heterocycles. The van der Waals surface area contributed by atoms with Crippen molar-refractivity contribution in [2.75, 3.05) is 11.9 Å². The summed E-state index contributed by atoms with van der Waals surface area (Å²) in [6.07, 6.45) is 8.55. The van der Waals surface area contributed by atoms with Crippen molar-refractivity contribution in [2.45, 2.75) is 58.3 Å². The number of amides is 2. The second-order valence-corrected chi connectivity index (χ2v) is 8.31. The quantitative estimate of drug-likeness (QED) is 0.426. The number of carbonyl (C=O) groups is 2. The van der Waals surface area contributed by atoms with Crippen LogP contribution in [0, 0.1) is 0 Å². The van der Waals surface area contributed by atoms with E-state index in [0.717, 1.165) is 68.3 Å². The number of nitrogens with one attached hydrogen (secondary N) is 2. The van der Waals surface area contributed by atoms with Crippen molar-refractivity contribution in [2.24, 2.45) is 0 Å². The van der Waals surface area contributed by atoms with Crippen molar-refractivity contribution >= 4 is 28.9 Å². The summed E-state index contributed by atoms with van der Waals surface area (Å²) in [6, 6.07) is 14.3. The summed E-state index contributed by atoms with van der Waals surface area (Å²) in [5.74, 6) is -0.0305. The standard InChI is InChI=1S/C20H20N2O.C6H11NO3/c1-2-14-8-10-16(11-9-14)21-20(23)18-13-22-12-4-6-15-5-3-7-17(18)19(15)22;8-5-7-10-6-3-1-2-4-9-6/h3,5,7-11,13H,2,4,6,12H2,1H3,(H,21,23);5-6H,1-4H2,(H,7,8). The van der Waals surface area contributed by atoms with E-state index in [-0.39, 0.29) is 12.2 Å². The van der Waals surface area contributed by atoms with E-state index in [0.29, 0.717) is 6.41 Å². The summed E-state index contributed by atoms with van der Waals surface area (Å²) in [5, 5.41) is 4.09. The van der Waals surface area contributed by atoms with Crippen molar-refractivity contribution < 1.29 is 19.2 Å². The largest absolute Gasteiger partial charge is 0.350 e. The maximum atomic E-state index is 12.7. The Hall–Kier alpha value is -3.16. The number of rotatable bonds is 6. The molecule has 2 amide bonds. The van der Waals surface area contributed by atoms with Crippen LogP contribution in [0.2, 0.25) is 0 Å². The third kappa shape index (κ3) is 5.61. The van der Waals surface area contributed by atoms with Gasteiger partial charge in [0.15, 0.2) is 6.29 Å². The smallest absolute Gasteiger partial charge is 0.257 e. The predicted octanol–water partition coefficient (Wildman–Crippen LogP) is 4.59. The molecule has 2 aliphatic rings. The molecule has 1 aromatic heterocycles. The number of benzene rings is 2. The molecular formula is C26H31N3O4. The van der Waals surface area contributed by atoms with Crippen LogP contribution in [0.3, 0.4) is 0 Å². The van der Waals surface area contributed by atoms with Gasteiger partial charge in [0.05, 0.1) is 11.1 Å². The van der Waals surface area contributed by atoms with Gasteiger partial charge in [0, 0.05) is 36.8 Å². The van der Waals surface area contributed by atoms with E-state index in [9.17, 15) is 9.59 Å². The molecule has 5 rings (SSSR count). The molecule has 1 unspecified atom stereocenters. The number of ether oxygens (including phenoxy) is 1. The molecule has 2 N–H and O–H groups in total. The highest BCUT2D eigenvalue weighted by molar-refractivity contribution is 6.13. The summed E-state index contributed by atoms with van der Waals surface area (Å²) >= 11 is 0. The molecule has 0 bridgehead atoms. The molecule has 2 aromatic carbocycles. The van der Waals surface area contributed by atoms with Gasteiger partial charge in [-0.25, -0.2) is 10.3 Å². The fourth-order valence-electron chi connectivity index (χ4n) is 4.37. The lowest BCUT2D eigenvalue weighted by molar-refractivity contribution is -0.195. The lowest BCUT2D eigenvalue weighted by Gasteiger charge is -2.20. The SMILES string of the molecule is CCc1ccc(NC(=O)c2cn3c4c(cccc24)CCC3)cc1.O=CNOC1CCCCO1. The van der Waals surface area contributed by atoms with E-state index in [1.54, 1.807) is 0 Å². The zero-order valence-electron chi connectivity index (χ0n) is 19.0. The number of carbonyl (C=O) groups excluding carboxylic acids is 2. The van der Waals surface area contributed by atoms with Crippen LogP contribution in [-0.2, 0) is 33.8 Å². The molecule has 1 atom stereocenters. The number of aryl methyl sites for hydroxylation is 3. The van der Waals surface area contributed by atoms with Crippen LogP contribution in [0.5, 0.6) is 0 Å². The summed E-state index contributed by atoms with van der Waals surface area (Å²) in [4.78, 5) is 27.3. The van der Waals surface area contributed by atoms with E-state index in [1.807, 2.05) is 18.3 Å². The minimum absolute atomic E-state index is 0.0305. The van der Waals surface area contributed by atoms with Crippen LogP contribution in [0.4, 0.5) is 5.69 Å². The highest BCUT2D eigenvalue weighted by Gasteiger charge is 2.19. The molecule has 0 spiro atoms. The van der Waals surface area contributed by atoms with Gasteiger partial charge in [0.25, 0.3) is 5.91 Å². The molecule has 174 valence electrons. The fraction of sp³-hybridized carbons (Fsp3) is 0.385. The first-order valence-corrected chi connectivity index (χ1v) is 11.7. The summed E-state index contributed by atoms with van der Waals surface area (Å²) < 4.78 is 7.36. The summed E-state index contributed by atoms with van der Waals surface area (Å²) in [7, 11) is 0. The van der Waals surface area contributed by atoms with E-state index in [4.69, 9.17) is 9.57 Å². The van der Waals surface area contributed by atoms with Gasteiger partial charge in [-0.2, -0.15) is 0 Å². The number of hydrogen-bond acceptors (Lipinski definition) is 4. The fourth-order valence-corrected chi connectivity index (χ4v) is 4.37. The lowest BCUT2D eigenvalue weighted by Crippen LogP contribution is -2.28. The van der Waals surface area contributed by atoms with Gasteiger partial charge in [0.1, 0.15) is 0 Å². The summed E-state index contributed by atoms with van der Waals surface area (Å²) in [6.45, 7) is 3.85. The van der Waals surface area contributed by atoms with Gasteiger partial charge < -0.3 is 14.6 Å². The average Bonchev–Trinajstić information content (AvgIpc) is 3.25. The third-order valence-corrected chi connectivity index (χ3v) is 6.08. The molecule has 3 aromatic rings. The van der Waals surface area contributed by atoms with Crippen molar-refractivity contribution in [3.8, 4) is 0 Å².